The molecule has 0 saturated carbocycles. The van der Waals surface area contributed by atoms with Crippen LogP contribution in [-0.2, 0) is 32.7 Å². The first-order chi connectivity index (χ1) is 47.0. The molecule has 0 fully saturated rings. The Balaban J connectivity index is 4.07. The summed E-state index contributed by atoms with van der Waals surface area (Å²) in [5.74, 6) is -0.806. The number of ether oxygens (including phenoxy) is 2. The van der Waals surface area contributed by atoms with E-state index in [1.165, 1.54) is 122 Å². The van der Waals surface area contributed by atoms with E-state index in [4.69, 9.17) is 18.5 Å². The van der Waals surface area contributed by atoms with Gasteiger partial charge in [0.15, 0.2) is 6.10 Å². The van der Waals surface area contributed by atoms with E-state index in [2.05, 4.69) is 196 Å². The molecule has 2 unspecified atom stereocenters. The van der Waals surface area contributed by atoms with Crippen LogP contribution in [0.25, 0.3) is 0 Å². The summed E-state index contributed by atoms with van der Waals surface area (Å²) in [5.41, 5.74) is 0. The Kier molecular flexibility index (Phi) is 70.5. The molecule has 0 aromatic heterocycles. The molecule has 1 N–H and O–H groups in total. The van der Waals surface area contributed by atoms with Gasteiger partial charge < -0.3 is 18.9 Å². The van der Waals surface area contributed by atoms with Gasteiger partial charge in [-0.3, -0.25) is 18.6 Å². The number of phosphoric ester groups is 1. The molecular weight excluding hydrogens is 1210 g/mol. The number of nitrogens with zero attached hydrogens (tertiary/aromatic N) is 1. The molecule has 0 amide bonds. The third-order valence-corrected chi connectivity index (χ3v) is 16.9. The van der Waals surface area contributed by atoms with E-state index in [0.717, 1.165) is 141 Å². The number of carbonyl (C=O) groups excluding carboxylic acids is 2. The van der Waals surface area contributed by atoms with Crippen LogP contribution in [0.15, 0.2) is 182 Å². The smallest absolute Gasteiger partial charge is 0.462 e. The number of rotatable bonds is 69. The van der Waals surface area contributed by atoms with Gasteiger partial charge in [-0.1, -0.05) is 331 Å². The second-order valence-electron chi connectivity index (χ2n) is 26.3. The highest BCUT2D eigenvalue weighted by molar-refractivity contribution is 7.47. The summed E-state index contributed by atoms with van der Waals surface area (Å²) < 4.78 is 34.8. The van der Waals surface area contributed by atoms with E-state index in [1.54, 1.807) is 0 Å². The number of hydrogen-bond acceptors (Lipinski definition) is 7. The highest BCUT2D eigenvalue weighted by atomic mass is 31.2. The molecule has 0 spiro atoms. The lowest BCUT2D eigenvalue weighted by Gasteiger charge is -2.24. The molecule has 96 heavy (non-hydrogen) atoms. The normalized spacial score (nSPS) is 14.1. The molecular formula is C86H143NO8P+. The number of esters is 2. The fourth-order valence-electron chi connectivity index (χ4n) is 10.1. The van der Waals surface area contributed by atoms with E-state index in [0.29, 0.717) is 17.4 Å². The van der Waals surface area contributed by atoms with Crippen LogP contribution in [0, 0.1) is 0 Å². The van der Waals surface area contributed by atoms with Gasteiger partial charge >= 0.3 is 19.8 Å². The van der Waals surface area contributed by atoms with Crippen LogP contribution in [0.5, 0.6) is 0 Å². The van der Waals surface area contributed by atoms with Crippen molar-refractivity contribution in [3.63, 3.8) is 0 Å². The van der Waals surface area contributed by atoms with Crippen molar-refractivity contribution < 1.29 is 42.1 Å². The molecule has 0 rings (SSSR count). The van der Waals surface area contributed by atoms with E-state index in [1.807, 2.05) is 21.1 Å². The summed E-state index contributed by atoms with van der Waals surface area (Å²) in [5, 5.41) is 0. The first kappa shape index (κ1) is 91.1. The van der Waals surface area contributed by atoms with Gasteiger partial charge in [0.25, 0.3) is 0 Å². The van der Waals surface area contributed by atoms with Crippen molar-refractivity contribution >= 4 is 19.8 Å². The summed E-state index contributed by atoms with van der Waals surface area (Å²) in [6.07, 6.45) is 114. The summed E-state index contributed by atoms with van der Waals surface area (Å²) in [4.78, 5) is 36.0. The van der Waals surface area contributed by atoms with Crippen LogP contribution in [0.1, 0.15) is 296 Å². The van der Waals surface area contributed by atoms with Crippen molar-refractivity contribution in [1.29, 1.82) is 0 Å². The molecule has 10 heteroatoms. The van der Waals surface area contributed by atoms with Crippen molar-refractivity contribution in [2.45, 2.75) is 302 Å². The fraction of sp³-hybridized carbons (Fsp3) is 0.628. The minimum absolute atomic E-state index is 0.0233. The van der Waals surface area contributed by atoms with Crippen LogP contribution in [-0.4, -0.2) is 74.9 Å². The Hall–Kier alpha value is -4.89. The molecule has 0 aliphatic carbocycles. The van der Waals surface area contributed by atoms with Crippen molar-refractivity contribution in [3.05, 3.63) is 182 Å². The minimum Gasteiger partial charge on any atom is -0.462 e. The van der Waals surface area contributed by atoms with Gasteiger partial charge in [-0.2, -0.15) is 0 Å². The average Bonchev–Trinajstić information content (AvgIpc) is 2.54. The van der Waals surface area contributed by atoms with Crippen molar-refractivity contribution in [2.75, 3.05) is 47.5 Å². The molecule has 0 radical (unpaired) electrons. The van der Waals surface area contributed by atoms with Crippen molar-refractivity contribution in [1.82, 2.24) is 0 Å². The first-order valence-electron chi connectivity index (χ1n) is 38.5. The molecule has 0 aromatic carbocycles. The number of phosphoric acid groups is 1. The molecule has 0 aliphatic rings. The monoisotopic (exact) mass is 1350 g/mol. The van der Waals surface area contributed by atoms with Gasteiger partial charge in [0, 0.05) is 12.8 Å². The largest absolute Gasteiger partial charge is 0.472 e. The second-order valence-corrected chi connectivity index (χ2v) is 27.7. The molecule has 0 aromatic rings. The maximum Gasteiger partial charge on any atom is 0.472 e. The maximum atomic E-state index is 12.9. The first-order valence-corrected chi connectivity index (χ1v) is 40.0. The summed E-state index contributed by atoms with van der Waals surface area (Å²) in [7, 11) is 1.46. The zero-order valence-corrected chi connectivity index (χ0v) is 62.9. The Morgan fingerprint density at radius 2 is 0.562 bits per heavy atom. The highest BCUT2D eigenvalue weighted by Crippen LogP contribution is 2.43. The minimum atomic E-state index is -4.41. The van der Waals surface area contributed by atoms with E-state index in [-0.39, 0.29) is 32.0 Å². The Morgan fingerprint density at radius 1 is 0.323 bits per heavy atom. The highest BCUT2D eigenvalue weighted by Gasteiger charge is 2.27. The van der Waals surface area contributed by atoms with E-state index in [9.17, 15) is 19.0 Å². The van der Waals surface area contributed by atoms with E-state index >= 15 is 0 Å². The van der Waals surface area contributed by atoms with Crippen LogP contribution in [0.4, 0.5) is 0 Å². The molecule has 0 bridgehead atoms. The molecule has 0 aliphatic heterocycles. The number of hydrogen-bond donors (Lipinski definition) is 1. The number of likely N-dealkylation sites (N-methyl/N-ethyl adjacent to an activating group) is 1. The quantitative estimate of drug-likeness (QED) is 0.0211. The summed E-state index contributed by atoms with van der Waals surface area (Å²) >= 11 is 0. The molecule has 2 atom stereocenters. The maximum absolute atomic E-state index is 12.9. The number of carbonyl (C=O) groups is 2. The van der Waals surface area contributed by atoms with Crippen LogP contribution >= 0.6 is 7.82 Å². The molecule has 9 nitrogen and oxygen atoms in total. The lowest BCUT2D eigenvalue weighted by atomic mass is 10.0. The lowest BCUT2D eigenvalue weighted by Crippen LogP contribution is -2.37. The van der Waals surface area contributed by atoms with Gasteiger partial charge in [-0.25, -0.2) is 4.57 Å². The van der Waals surface area contributed by atoms with Gasteiger partial charge in [0.1, 0.15) is 19.8 Å². The zero-order valence-electron chi connectivity index (χ0n) is 62.0. The predicted molar refractivity (Wildman–Crippen MR) is 417 cm³/mol. The van der Waals surface area contributed by atoms with Crippen molar-refractivity contribution in [2.24, 2.45) is 0 Å². The standard InChI is InChI=1S/C86H142NO8P/c1-6-8-10-12-14-16-18-20-22-24-26-28-30-32-34-36-38-39-40-41-42-43-44-45-46-47-49-51-53-55-57-59-61-63-65-67-69-71-73-75-77-79-86(89)95-84(83-94-96(90,91)93-81-80-87(3,4)5)82-92-85(88)78-76-74-72-70-68-66-64-62-60-58-56-54-52-50-48-37-35-33-31-29-27-25-23-21-19-17-15-13-11-9-7-2/h8-11,14-17,20-23,26-29,32-35,38-39,41-42,44-45,47,49,53,55,84H,6-7,12-13,18-19,24-25,30-31,36-37,40,43,46,48,50-52,54,56-83H2,1-5H3/p+1/b10-8-,11-9-,16-14-,17-15-,22-20-,23-21-,28-26-,29-27-,34-32-,35-33-,39-38-,42-41-,45-44-,49-47-,55-53-. The van der Waals surface area contributed by atoms with Gasteiger partial charge in [0.2, 0.25) is 0 Å². The van der Waals surface area contributed by atoms with Crippen LogP contribution in [0.3, 0.4) is 0 Å². The topological polar surface area (TPSA) is 108 Å². The SMILES string of the molecule is CC/C=C\C/C=C\C/C=C\C/C=C\C/C=C\C/C=C\C/C=C\C/C=C\C/C=C\C/C=C\CCCCCCCCCCCCC(=O)OC(COC(=O)CCCCCCCCCCCCCCCCC/C=C\C/C=C\C/C=C\C/C=C\C/C=C\CC)COP(=O)(O)OCC[N+](C)(C)C. The molecule has 0 saturated heterocycles. The van der Waals surface area contributed by atoms with Gasteiger partial charge in [-0.05, 0) is 135 Å². The van der Waals surface area contributed by atoms with Crippen LogP contribution < -0.4 is 0 Å². The second kappa shape index (κ2) is 74.3. The number of unbranched alkanes of at least 4 members (excludes halogenated alkanes) is 25. The number of quaternary nitrogens is 1. The average molecular weight is 1350 g/mol. The third-order valence-electron chi connectivity index (χ3n) is 15.9. The fourth-order valence-corrected chi connectivity index (χ4v) is 10.9. The Bertz CT molecular complexity index is 2280. The van der Waals surface area contributed by atoms with Crippen LogP contribution in [0.2, 0.25) is 0 Å². The van der Waals surface area contributed by atoms with E-state index < -0.39 is 26.5 Å². The molecule has 0 heterocycles. The third kappa shape index (κ3) is 78.1. The van der Waals surface area contributed by atoms with Crippen molar-refractivity contribution in [3.8, 4) is 0 Å². The summed E-state index contributed by atoms with van der Waals surface area (Å²) in [6, 6.07) is 0. The molecule has 544 valence electrons. The van der Waals surface area contributed by atoms with Gasteiger partial charge in [0.05, 0.1) is 27.7 Å². The summed E-state index contributed by atoms with van der Waals surface area (Å²) in [6.45, 7) is 4.20. The Labute approximate surface area is 591 Å². The number of allylic oxidation sites excluding steroid dienone is 30. The predicted octanol–water partition coefficient (Wildman–Crippen LogP) is 25.8. The Morgan fingerprint density at radius 3 is 0.833 bits per heavy atom. The van der Waals surface area contributed by atoms with Gasteiger partial charge in [-0.15, -0.1) is 0 Å². The lowest BCUT2D eigenvalue weighted by molar-refractivity contribution is -0.870. The zero-order chi connectivity index (χ0) is 69.7.